The minimum absolute atomic E-state index is 0.152. The van der Waals surface area contributed by atoms with Gasteiger partial charge in [0, 0.05) is 4.90 Å². The quantitative estimate of drug-likeness (QED) is 0.803. The Labute approximate surface area is 142 Å². The highest BCUT2D eigenvalue weighted by atomic mass is 32.2. The molecule has 3 aliphatic rings. The number of fused-ring (bicyclic) bond motifs is 2. The number of hydrogen-bond donors (Lipinski definition) is 1. The van der Waals surface area contributed by atoms with Gasteiger partial charge >= 0.3 is 5.97 Å². The largest absolute Gasteiger partial charge is 0.456 e. The minimum Gasteiger partial charge on any atom is -0.456 e. The summed E-state index contributed by atoms with van der Waals surface area (Å²) >= 11 is 1.64. The molecule has 0 saturated carbocycles. The van der Waals surface area contributed by atoms with Crippen molar-refractivity contribution in [2.24, 2.45) is 0 Å². The molecular formula is C18H13NO4S. The Bertz CT molecular complexity index is 892. The zero-order chi connectivity index (χ0) is 16.1. The molecule has 5 rings (SSSR count). The fraction of sp³-hybridized carbons (Fsp3) is 0.167. The number of carbonyl (C=O) groups is 1. The van der Waals surface area contributed by atoms with Gasteiger partial charge in [-0.25, -0.2) is 4.79 Å². The first-order valence-electron chi connectivity index (χ1n) is 7.62. The van der Waals surface area contributed by atoms with Crippen molar-refractivity contribution in [3.05, 3.63) is 59.3 Å². The molecule has 1 unspecified atom stereocenters. The Kier molecular flexibility index (Phi) is 2.99. The summed E-state index contributed by atoms with van der Waals surface area (Å²) in [4.78, 5) is 13.4. The normalized spacial score (nSPS) is 20.8. The summed E-state index contributed by atoms with van der Waals surface area (Å²) < 4.78 is 16.1. The van der Waals surface area contributed by atoms with Crippen LogP contribution in [0.1, 0.15) is 10.8 Å². The molecule has 1 atom stereocenters. The average Bonchev–Trinajstić information content (AvgIpc) is 3.16. The van der Waals surface area contributed by atoms with Crippen molar-refractivity contribution in [3.63, 3.8) is 0 Å². The molecule has 0 bridgehead atoms. The van der Waals surface area contributed by atoms with Crippen LogP contribution >= 0.6 is 11.8 Å². The van der Waals surface area contributed by atoms with Crippen molar-refractivity contribution < 1.29 is 19.0 Å². The number of anilines is 1. The Morgan fingerprint density at radius 3 is 2.88 bits per heavy atom. The lowest BCUT2D eigenvalue weighted by atomic mass is 10.0. The van der Waals surface area contributed by atoms with E-state index in [0.29, 0.717) is 11.3 Å². The Balaban J connectivity index is 1.65. The molecule has 0 aromatic heterocycles. The van der Waals surface area contributed by atoms with E-state index in [1.165, 1.54) is 0 Å². The van der Waals surface area contributed by atoms with Crippen molar-refractivity contribution in [2.45, 2.75) is 10.1 Å². The number of esters is 1. The number of nitrogens with one attached hydrogen (secondary N) is 1. The molecule has 120 valence electrons. The molecule has 2 aromatic rings. The molecule has 0 saturated heterocycles. The van der Waals surface area contributed by atoms with Crippen LogP contribution in [-0.4, -0.2) is 19.4 Å². The monoisotopic (exact) mass is 339 g/mol. The fourth-order valence-corrected chi connectivity index (χ4v) is 4.41. The van der Waals surface area contributed by atoms with E-state index >= 15 is 0 Å². The zero-order valence-corrected chi connectivity index (χ0v) is 13.4. The third-order valence-electron chi connectivity index (χ3n) is 4.27. The van der Waals surface area contributed by atoms with E-state index in [1.54, 1.807) is 11.8 Å². The van der Waals surface area contributed by atoms with Crippen molar-refractivity contribution in [1.82, 2.24) is 0 Å². The standard InChI is InChI=1S/C18H13NO4S/c20-18-16-12(8-21-18)19-11-3-1-2-4-15(11)24-17(16)10-5-6-13-14(7-10)23-9-22-13/h1-7,17,19H,8-9H2. The predicted molar refractivity (Wildman–Crippen MR) is 89.2 cm³/mol. The van der Waals surface area contributed by atoms with Gasteiger partial charge in [0.15, 0.2) is 11.5 Å². The second-order valence-electron chi connectivity index (χ2n) is 5.70. The molecule has 0 radical (unpaired) electrons. The Morgan fingerprint density at radius 2 is 1.92 bits per heavy atom. The van der Waals surface area contributed by atoms with Gasteiger partial charge in [-0.1, -0.05) is 18.2 Å². The summed E-state index contributed by atoms with van der Waals surface area (Å²) in [6, 6.07) is 13.9. The van der Waals surface area contributed by atoms with Crippen molar-refractivity contribution in [1.29, 1.82) is 0 Å². The number of hydrogen-bond acceptors (Lipinski definition) is 6. The maximum Gasteiger partial charge on any atom is 0.337 e. The molecular weight excluding hydrogens is 326 g/mol. The van der Waals surface area contributed by atoms with Crippen LogP contribution in [0, 0.1) is 0 Å². The number of thioether (sulfide) groups is 1. The molecule has 5 nitrogen and oxygen atoms in total. The second-order valence-corrected chi connectivity index (χ2v) is 6.85. The second kappa shape index (κ2) is 5.21. The summed E-state index contributed by atoms with van der Waals surface area (Å²) in [6.07, 6.45) is 0. The van der Waals surface area contributed by atoms with Gasteiger partial charge in [0.2, 0.25) is 6.79 Å². The van der Waals surface area contributed by atoms with Gasteiger partial charge < -0.3 is 19.5 Å². The topological polar surface area (TPSA) is 56.8 Å². The van der Waals surface area contributed by atoms with E-state index < -0.39 is 0 Å². The zero-order valence-electron chi connectivity index (χ0n) is 12.6. The third-order valence-corrected chi connectivity index (χ3v) is 5.63. The third kappa shape index (κ3) is 2.06. The SMILES string of the molecule is O=C1OCC2=C1C(c1ccc3c(c1)OCO3)Sc1ccccc1N2. The molecule has 6 heteroatoms. The highest BCUT2D eigenvalue weighted by Gasteiger charge is 2.36. The number of ether oxygens (including phenoxy) is 3. The van der Waals surface area contributed by atoms with Gasteiger partial charge in [-0.3, -0.25) is 0 Å². The molecule has 3 aliphatic heterocycles. The van der Waals surface area contributed by atoms with Gasteiger partial charge in [-0.05, 0) is 29.8 Å². The summed E-state index contributed by atoms with van der Waals surface area (Å²) in [6.45, 7) is 0.515. The maximum atomic E-state index is 12.3. The summed E-state index contributed by atoms with van der Waals surface area (Å²) in [5, 5.41) is 3.21. The highest BCUT2D eigenvalue weighted by molar-refractivity contribution is 8.00. The molecule has 0 aliphatic carbocycles. The van der Waals surface area contributed by atoms with E-state index in [0.717, 1.165) is 27.6 Å². The Morgan fingerprint density at radius 1 is 1.04 bits per heavy atom. The predicted octanol–water partition coefficient (Wildman–Crippen LogP) is 3.49. The summed E-state index contributed by atoms with van der Waals surface area (Å²) in [5.74, 6) is 1.19. The average molecular weight is 339 g/mol. The molecule has 3 heterocycles. The van der Waals surface area contributed by atoms with Crippen LogP contribution in [0.3, 0.4) is 0 Å². The van der Waals surface area contributed by atoms with Gasteiger partial charge in [0.25, 0.3) is 0 Å². The van der Waals surface area contributed by atoms with Gasteiger partial charge in [-0.2, -0.15) is 0 Å². The van der Waals surface area contributed by atoms with Crippen molar-refractivity contribution in [3.8, 4) is 11.5 Å². The number of benzene rings is 2. The van der Waals surface area contributed by atoms with Crippen LogP contribution < -0.4 is 14.8 Å². The molecule has 24 heavy (non-hydrogen) atoms. The number of rotatable bonds is 1. The van der Waals surface area contributed by atoms with Crippen molar-refractivity contribution in [2.75, 3.05) is 18.7 Å². The first-order chi connectivity index (χ1) is 11.8. The van der Waals surface area contributed by atoms with Gasteiger partial charge in [-0.15, -0.1) is 11.8 Å². The highest BCUT2D eigenvalue weighted by Crippen LogP contribution is 2.50. The van der Waals surface area contributed by atoms with E-state index in [-0.39, 0.29) is 24.6 Å². The smallest absolute Gasteiger partial charge is 0.337 e. The molecule has 2 aromatic carbocycles. The van der Waals surface area contributed by atoms with Gasteiger partial charge in [0.05, 0.1) is 22.2 Å². The first kappa shape index (κ1) is 13.8. The van der Waals surface area contributed by atoms with Crippen LogP contribution in [-0.2, 0) is 9.53 Å². The number of para-hydroxylation sites is 1. The maximum absolute atomic E-state index is 12.3. The lowest BCUT2D eigenvalue weighted by Gasteiger charge is -2.16. The minimum atomic E-state index is -0.263. The number of carbonyl (C=O) groups excluding carboxylic acids is 1. The first-order valence-corrected chi connectivity index (χ1v) is 8.50. The van der Waals surface area contributed by atoms with Crippen LogP contribution in [0.5, 0.6) is 11.5 Å². The van der Waals surface area contributed by atoms with Gasteiger partial charge in [0.1, 0.15) is 6.61 Å². The molecule has 0 fully saturated rings. The molecule has 1 N–H and O–H groups in total. The van der Waals surface area contributed by atoms with E-state index in [2.05, 4.69) is 11.4 Å². The summed E-state index contributed by atoms with van der Waals surface area (Å²) in [7, 11) is 0. The Hall–Kier alpha value is -2.60. The van der Waals surface area contributed by atoms with E-state index in [1.807, 2.05) is 36.4 Å². The lowest BCUT2D eigenvalue weighted by Crippen LogP contribution is -2.08. The lowest BCUT2D eigenvalue weighted by molar-refractivity contribution is -0.136. The molecule has 0 amide bonds. The number of cyclic esters (lactones) is 1. The van der Waals surface area contributed by atoms with Crippen LogP contribution in [0.15, 0.2) is 58.6 Å². The van der Waals surface area contributed by atoms with Crippen LogP contribution in [0.2, 0.25) is 0 Å². The van der Waals surface area contributed by atoms with Crippen LogP contribution in [0.25, 0.3) is 0 Å². The van der Waals surface area contributed by atoms with E-state index in [4.69, 9.17) is 14.2 Å². The van der Waals surface area contributed by atoms with Crippen LogP contribution in [0.4, 0.5) is 5.69 Å². The van der Waals surface area contributed by atoms with E-state index in [9.17, 15) is 4.79 Å². The molecule has 0 spiro atoms. The fourth-order valence-electron chi connectivity index (χ4n) is 3.12. The summed E-state index contributed by atoms with van der Waals surface area (Å²) in [5.41, 5.74) is 3.50. The van der Waals surface area contributed by atoms with Crippen molar-refractivity contribution >= 4 is 23.4 Å².